The first-order chi connectivity index (χ1) is 7.34. The highest BCUT2D eigenvalue weighted by molar-refractivity contribution is 5.95. The molecule has 0 fully saturated rings. The second-order valence-corrected chi connectivity index (χ2v) is 3.60. The van der Waals surface area contributed by atoms with Gasteiger partial charge in [-0.2, -0.15) is 0 Å². The highest BCUT2D eigenvalue weighted by atomic mass is 16.1. The van der Waals surface area contributed by atoms with Crippen molar-refractivity contribution < 1.29 is 4.79 Å². The maximum Gasteiger partial charge on any atom is 0.162 e. The van der Waals surface area contributed by atoms with E-state index in [1.54, 1.807) is 0 Å². The fraction of sp³-hybridized carbons (Fsp3) is 0.357. The van der Waals surface area contributed by atoms with Gasteiger partial charge in [0, 0.05) is 12.0 Å². The zero-order valence-electron chi connectivity index (χ0n) is 9.28. The van der Waals surface area contributed by atoms with Gasteiger partial charge in [0.25, 0.3) is 0 Å². The third kappa shape index (κ3) is 4.59. The summed E-state index contributed by atoms with van der Waals surface area (Å²) >= 11 is 0. The Morgan fingerprint density at radius 3 is 2.60 bits per heavy atom. The lowest BCUT2D eigenvalue weighted by atomic mass is 10.0. The molecule has 1 nitrogen and oxygen atoms in total. The number of allylic oxidation sites excluding steroid dienone is 2. The van der Waals surface area contributed by atoms with Crippen molar-refractivity contribution in [3.05, 3.63) is 48.0 Å². The van der Waals surface area contributed by atoms with Gasteiger partial charge >= 0.3 is 0 Å². The predicted molar refractivity (Wildman–Crippen MR) is 64.1 cm³/mol. The Labute approximate surface area is 91.8 Å². The van der Waals surface area contributed by atoms with E-state index in [9.17, 15) is 4.79 Å². The number of hydrogen-bond donors (Lipinski definition) is 0. The fourth-order valence-electron chi connectivity index (χ4n) is 1.48. The van der Waals surface area contributed by atoms with Gasteiger partial charge < -0.3 is 0 Å². The second kappa shape index (κ2) is 6.99. The number of carbonyl (C=O) groups is 1. The third-order valence-electron chi connectivity index (χ3n) is 2.36. The Hall–Kier alpha value is -1.37. The number of rotatable bonds is 6. The molecule has 0 amide bonds. The maximum atomic E-state index is 11.7. The molecular formula is C14H18O. The van der Waals surface area contributed by atoms with Gasteiger partial charge in [-0.1, -0.05) is 42.5 Å². The van der Waals surface area contributed by atoms with Crippen LogP contribution >= 0.6 is 0 Å². The van der Waals surface area contributed by atoms with Crippen molar-refractivity contribution in [1.82, 2.24) is 0 Å². The van der Waals surface area contributed by atoms with Crippen LogP contribution in [0.2, 0.25) is 0 Å². The Balaban J connectivity index is 2.25. The molecule has 0 saturated heterocycles. The first-order valence-corrected chi connectivity index (χ1v) is 5.54. The van der Waals surface area contributed by atoms with Gasteiger partial charge in [0.2, 0.25) is 0 Å². The molecule has 0 aliphatic rings. The van der Waals surface area contributed by atoms with E-state index < -0.39 is 0 Å². The largest absolute Gasteiger partial charge is 0.294 e. The smallest absolute Gasteiger partial charge is 0.162 e. The average Bonchev–Trinajstić information content (AvgIpc) is 2.30. The van der Waals surface area contributed by atoms with Gasteiger partial charge in [-0.3, -0.25) is 4.79 Å². The number of Topliss-reactive ketones (excluding diaryl/α,β-unsaturated/α-hetero) is 1. The van der Waals surface area contributed by atoms with Gasteiger partial charge in [-0.05, 0) is 26.2 Å². The predicted octanol–water partition coefficient (Wildman–Crippen LogP) is 4.01. The van der Waals surface area contributed by atoms with E-state index in [-0.39, 0.29) is 5.78 Å². The van der Waals surface area contributed by atoms with E-state index in [0.29, 0.717) is 6.42 Å². The molecule has 0 aromatic heterocycles. The number of carbonyl (C=O) groups excluding carboxylic acids is 1. The molecule has 15 heavy (non-hydrogen) atoms. The zero-order valence-corrected chi connectivity index (χ0v) is 9.28. The van der Waals surface area contributed by atoms with Gasteiger partial charge in [-0.25, -0.2) is 0 Å². The lowest BCUT2D eigenvalue weighted by Crippen LogP contribution is -1.97. The summed E-state index contributed by atoms with van der Waals surface area (Å²) in [5, 5.41) is 0. The van der Waals surface area contributed by atoms with Crippen molar-refractivity contribution in [3.63, 3.8) is 0 Å². The molecule has 80 valence electrons. The lowest BCUT2D eigenvalue weighted by molar-refractivity contribution is 0.0979. The molecule has 0 unspecified atom stereocenters. The summed E-state index contributed by atoms with van der Waals surface area (Å²) in [5.74, 6) is 0.260. The zero-order chi connectivity index (χ0) is 10.9. The molecule has 0 saturated carbocycles. The fourth-order valence-corrected chi connectivity index (χ4v) is 1.48. The Bertz CT molecular complexity index is 311. The van der Waals surface area contributed by atoms with Crippen molar-refractivity contribution in [1.29, 1.82) is 0 Å². The van der Waals surface area contributed by atoms with Crippen LogP contribution in [0.3, 0.4) is 0 Å². The van der Waals surface area contributed by atoms with Crippen molar-refractivity contribution in [3.8, 4) is 0 Å². The first kappa shape index (κ1) is 11.7. The average molecular weight is 202 g/mol. The highest BCUT2D eigenvalue weighted by Gasteiger charge is 2.03. The molecular weight excluding hydrogens is 184 g/mol. The maximum absolute atomic E-state index is 11.7. The number of ketones is 1. The molecule has 0 heterocycles. The summed E-state index contributed by atoms with van der Waals surface area (Å²) < 4.78 is 0. The Morgan fingerprint density at radius 2 is 1.93 bits per heavy atom. The minimum absolute atomic E-state index is 0.260. The van der Waals surface area contributed by atoms with Crippen molar-refractivity contribution >= 4 is 5.78 Å². The minimum Gasteiger partial charge on any atom is -0.294 e. The molecule has 0 aliphatic heterocycles. The Morgan fingerprint density at radius 1 is 1.20 bits per heavy atom. The lowest BCUT2D eigenvalue weighted by Gasteiger charge is -1.99. The van der Waals surface area contributed by atoms with E-state index in [4.69, 9.17) is 0 Å². The second-order valence-electron chi connectivity index (χ2n) is 3.60. The van der Waals surface area contributed by atoms with Crippen LogP contribution in [0.1, 0.15) is 43.0 Å². The molecule has 0 aliphatic carbocycles. The number of benzene rings is 1. The number of unbranched alkanes of at least 4 members (excludes halogenated alkanes) is 2. The van der Waals surface area contributed by atoms with E-state index in [1.165, 1.54) is 0 Å². The topological polar surface area (TPSA) is 17.1 Å². The standard InChI is InChI=1S/C14H18O/c1-2-3-4-5-9-12-14(15)13-10-7-6-8-11-13/h2-3,6-8,10-11H,4-5,9,12H2,1H3. The molecule has 1 heteroatoms. The highest BCUT2D eigenvalue weighted by Crippen LogP contribution is 2.08. The summed E-state index contributed by atoms with van der Waals surface area (Å²) in [6, 6.07) is 9.52. The van der Waals surface area contributed by atoms with Crippen LogP contribution in [-0.2, 0) is 0 Å². The Kier molecular flexibility index (Phi) is 5.46. The first-order valence-electron chi connectivity index (χ1n) is 5.54. The monoisotopic (exact) mass is 202 g/mol. The van der Waals surface area contributed by atoms with Crippen LogP contribution in [-0.4, -0.2) is 5.78 Å². The van der Waals surface area contributed by atoms with Crippen LogP contribution in [0.4, 0.5) is 0 Å². The van der Waals surface area contributed by atoms with E-state index in [0.717, 1.165) is 24.8 Å². The SMILES string of the molecule is CC=CCCCCC(=O)c1ccccc1. The summed E-state index contributed by atoms with van der Waals surface area (Å²) in [6.45, 7) is 2.02. The van der Waals surface area contributed by atoms with Gasteiger partial charge in [0.1, 0.15) is 0 Å². The molecule has 0 radical (unpaired) electrons. The van der Waals surface area contributed by atoms with Crippen LogP contribution in [0, 0.1) is 0 Å². The normalized spacial score (nSPS) is 10.7. The molecule has 0 spiro atoms. The van der Waals surface area contributed by atoms with E-state index in [2.05, 4.69) is 12.2 Å². The summed E-state index contributed by atoms with van der Waals surface area (Å²) in [4.78, 5) is 11.7. The molecule has 1 aromatic carbocycles. The molecule has 1 rings (SSSR count). The van der Waals surface area contributed by atoms with Crippen LogP contribution in [0.15, 0.2) is 42.5 Å². The molecule has 1 aromatic rings. The van der Waals surface area contributed by atoms with Gasteiger partial charge in [0.15, 0.2) is 5.78 Å². The van der Waals surface area contributed by atoms with E-state index in [1.807, 2.05) is 37.3 Å². The number of hydrogen-bond acceptors (Lipinski definition) is 1. The molecule has 0 bridgehead atoms. The summed E-state index contributed by atoms with van der Waals surface area (Å²) in [7, 11) is 0. The van der Waals surface area contributed by atoms with Gasteiger partial charge in [-0.15, -0.1) is 0 Å². The van der Waals surface area contributed by atoms with Crippen molar-refractivity contribution in [2.24, 2.45) is 0 Å². The molecule has 0 atom stereocenters. The third-order valence-corrected chi connectivity index (χ3v) is 2.36. The van der Waals surface area contributed by atoms with Crippen LogP contribution < -0.4 is 0 Å². The quantitative estimate of drug-likeness (QED) is 0.387. The summed E-state index contributed by atoms with van der Waals surface area (Å²) in [5.41, 5.74) is 0.837. The van der Waals surface area contributed by atoms with E-state index >= 15 is 0 Å². The van der Waals surface area contributed by atoms with Crippen molar-refractivity contribution in [2.45, 2.75) is 32.6 Å². The van der Waals surface area contributed by atoms with Crippen LogP contribution in [0.5, 0.6) is 0 Å². The minimum atomic E-state index is 0.260. The van der Waals surface area contributed by atoms with Crippen LogP contribution in [0.25, 0.3) is 0 Å². The van der Waals surface area contributed by atoms with Gasteiger partial charge in [0.05, 0.1) is 0 Å². The summed E-state index contributed by atoms with van der Waals surface area (Å²) in [6.07, 6.45) is 8.03. The molecule has 0 N–H and O–H groups in total. The van der Waals surface area contributed by atoms with Crippen molar-refractivity contribution in [2.75, 3.05) is 0 Å².